The van der Waals surface area contributed by atoms with Crippen molar-refractivity contribution in [2.45, 2.75) is 26.1 Å². The van der Waals surface area contributed by atoms with Gasteiger partial charge in [-0.2, -0.15) is 0 Å². The number of aliphatic hydroxyl groups excluding tert-OH is 2. The van der Waals surface area contributed by atoms with Crippen molar-refractivity contribution in [2.75, 3.05) is 6.61 Å². The molecule has 0 radical (unpaired) electrons. The number of hydrogen-bond acceptors (Lipinski definition) is 6. The van der Waals surface area contributed by atoms with Crippen molar-refractivity contribution in [3.05, 3.63) is 39.4 Å². The molecule has 0 aliphatic heterocycles. The Bertz CT molecular complexity index is 487. The van der Waals surface area contributed by atoms with Crippen LogP contribution in [0.2, 0.25) is 0 Å². The second-order valence-corrected chi connectivity index (χ2v) is 3.94. The van der Waals surface area contributed by atoms with Crippen LogP contribution in [0.15, 0.2) is 18.2 Å². The number of rotatable bonds is 5. The van der Waals surface area contributed by atoms with Gasteiger partial charge < -0.3 is 14.9 Å². The summed E-state index contributed by atoms with van der Waals surface area (Å²) in [6.45, 7) is 3.18. The topological polar surface area (TPSA) is 110 Å². The summed E-state index contributed by atoms with van der Waals surface area (Å²) >= 11 is 0. The average Bonchev–Trinajstić information content (AvgIpc) is 2.37. The van der Waals surface area contributed by atoms with Crippen LogP contribution < -0.4 is 0 Å². The number of aryl methyl sites for hydroxylation is 1. The third-order valence-electron chi connectivity index (χ3n) is 2.60. The Balaban J connectivity index is 3.00. The highest BCUT2D eigenvalue weighted by molar-refractivity contribution is 5.75. The van der Waals surface area contributed by atoms with Crippen molar-refractivity contribution in [1.82, 2.24) is 0 Å². The molecule has 19 heavy (non-hydrogen) atoms. The molecule has 1 aromatic rings. The van der Waals surface area contributed by atoms with Gasteiger partial charge in [-0.25, -0.2) is 4.79 Å². The summed E-state index contributed by atoms with van der Waals surface area (Å²) in [6, 6.07) is 3.98. The first kappa shape index (κ1) is 15.1. The zero-order chi connectivity index (χ0) is 14.6. The normalized spacial score (nSPS) is 13.7. The van der Waals surface area contributed by atoms with Crippen LogP contribution in [0, 0.1) is 17.0 Å². The Morgan fingerprint density at radius 2 is 2.11 bits per heavy atom. The first-order chi connectivity index (χ1) is 8.88. The average molecular weight is 269 g/mol. The van der Waals surface area contributed by atoms with Crippen LogP contribution in [0.3, 0.4) is 0 Å². The predicted octanol–water partition coefficient (Wildman–Crippen LogP) is 0.861. The highest BCUT2D eigenvalue weighted by Crippen LogP contribution is 2.25. The summed E-state index contributed by atoms with van der Waals surface area (Å²) in [7, 11) is 0. The fourth-order valence-electron chi connectivity index (χ4n) is 1.55. The molecule has 0 amide bonds. The molecule has 2 unspecified atom stereocenters. The lowest BCUT2D eigenvalue weighted by Crippen LogP contribution is -2.29. The Labute approximate surface area is 109 Å². The molecule has 0 saturated carbocycles. The van der Waals surface area contributed by atoms with Crippen molar-refractivity contribution < 1.29 is 24.7 Å². The van der Waals surface area contributed by atoms with E-state index in [4.69, 9.17) is 0 Å². The molecule has 1 rings (SSSR count). The van der Waals surface area contributed by atoms with Gasteiger partial charge in [0.1, 0.15) is 6.10 Å². The summed E-state index contributed by atoms with van der Waals surface area (Å²) < 4.78 is 4.56. The number of nitro groups is 1. The second kappa shape index (κ2) is 6.26. The van der Waals surface area contributed by atoms with Crippen LogP contribution in [0.1, 0.15) is 24.2 Å². The standard InChI is InChI=1S/C12H15NO6/c1-3-19-12(16)11(15)10(14)8-5-4-7(2)9(6-8)13(17)18/h4-6,10-11,14-15H,3H2,1-2H3. The lowest BCUT2D eigenvalue weighted by Gasteiger charge is -2.16. The van der Waals surface area contributed by atoms with Gasteiger partial charge in [0.05, 0.1) is 11.5 Å². The van der Waals surface area contributed by atoms with E-state index in [9.17, 15) is 25.1 Å². The lowest BCUT2D eigenvalue weighted by molar-refractivity contribution is -0.385. The number of benzene rings is 1. The molecule has 0 aromatic heterocycles. The molecule has 0 saturated heterocycles. The molecule has 104 valence electrons. The van der Waals surface area contributed by atoms with E-state index in [1.165, 1.54) is 12.1 Å². The summed E-state index contributed by atoms with van der Waals surface area (Å²) in [6.07, 6.45) is -3.35. The Kier molecular flexibility index (Phi) is 4.96. The minimum absolute atomic E-state index is 0.0661. The van der Waals surface area contributed by atoms with Crippen LogP contribution in [-0.4, -0.2) is 33.8 Å². The van der Waals surface area contributed by atoms with E-state index in [0.717, 1.165) is 6.07 Å². The molecule has 0 aliphatic rings. The van der Waals surface area contributed by atoms with E-state index in [0.29, 0.717) is 5.56 Å². The molecule has 0 aliphatic carbocycles. The zero-order valence-electron chi connectivity index (χ0n) is 10.6. The van der Waals surface area contributed by atoms with Gasteiger partial charge in [0.25, 0.3) is 5.69 Å². The summed E-state index contributed by atoms with van der Waals surface area (Å²) in [5.74, 6) is -0.974. The summed E-state index contributed by atoms with van der Waals surface area (Å²) in [5, 5.41) is 30.2. The molecule has 0 fully saturated rings. The SMILES string of the molecule is CCOC(=O)C(O)C(O)c1ccc(C)c([N+](=O)[O-])c1. The fraction of sp³-hybridized carbons (Fsp3) is 0.417. The number of carbonyl (C=O) groups excluding carboxylic acids is 1. The van der Waals surface area contributed by atoms with E-state index < -0.39 is 23.1 Å². The lowest BCUT2D eigenvalue weighted by atomic mass is 10.0. The van der Waals surface area contributed by atoms with Gasteiger partial charge in [0, 0.05) is 11.6 Å². The predicted molar refractivity (Wildman–Crippen MR) is 65.4 cm³/mol. The van der Waals surface area contributed by atoms with E-state index in [2.05, 4.69) is 4.74 Å². The minimum Gasteiger partial charge on any atom is -0.464 e. The summed E-state index contributed by atoms with van der Waals surface area (Å²) in [5.41, 5.74) is 0.317. The van der Waals surface area contributed by atoms with Crippen LogP contribution >= 0.6 is 0 Å². The minimum atomic E-state index is -1.78. The molecule has 7 nitrogen and oxygen atoms in total. The quantitative estimate of drug-likeness (QED) is 0.466. The van der Waals surface area contributed by atoms with Gasteiger partial charge >= 0.3 is 5.97 Å². The molecule has 2 atom stereocenters. The molecular weight excluding hydrogens is 254 g/mol. The van der Waals surface area contributed by atoms with Gasteiger partial charge in [-0.05, 0) is 19.4 Å². The first-order valence-electron chi connectivity index (χ1n) is 5.66. The Morgan fingerprint density at radius 3 is 2.63 bits per heavy atom. The maximum absolute atomic E-state index is 11.3. The van der Waals surface area contributed by atoms with Crippen LogP contribution in [0.25, 0.3) is 0 Å². The second-order valence-electron chi connectivity index (χ2n) is 3.94. The van der Waals surface area contributed by atoms with Crippen molar-refractivity contribution >= 4 is 11.7 Å². The molecular formula is C12H15NO6. The van der Waals surface area contributed by atoms with Gasteiger partial charge in [0.15, 0.2) is 6.10 Å². The number of nitrogens with zero attached hydrogens (tertiary/aromatic N) is 1. The van der Waals surface area contributed by atoms with Gasteiger partial charge in [-0.3, -0.25) is 10.1 Å². The third-order valence-corrected chi connectivity index (χ3v) is 2.60. The van der Waals surface area contributed by atoms with E-state index in [1.54, 1.807) is 13.8 Å². The highest BCUT2D eigenvalue weighted by atomic mass is 16.6. The van der Waals surface area contributed by atoms with Crippen molar-refractivity contribution in [3.8, 4) is 0 Å². The monoisotopic (exact) mass is 269 g/mol. The zero-order valence-corrected chi connectivity index (χ0v) is 10.6. The summed E-state index contributed by atoms with van der Waals surface area (Å²) in [4.78, 5) is 21.5. The largest absolute Gasteiger partial charge is 0.464 e. The van der Waals surface area contributed by atoms with Crippen LogP contribution in [-0.2, 0) is 9.53 Å². The number of nitro benzene ring substituents is 1. The Hall–Kier alpha value is -1.99. The van der Waals surface area contributed by atoms with Crippen molar-refractivity contribution in [2.24, 2.45) is 0 Å². The van der Waals surface area contributed by atoms with Gasteiger partial charge in [0.2, 0.25) is 0 Å². The molecule has 2 N–H and O–H groups in total. The number of carbonyl (C=O) groups is 1. The first-order valence-corrected chi connectivity index (χ1v) is 5.66. The van der Waals surface area contributed by atoms with E-state index in [-0.39, 0.29) is 17.9 Å². The molecule has 0 heterocycles. The fourth-order valence-corrected chi connectivity index (χ4v) is 1.55. The molecule has 0 spiro atoms. The Morgan fingerprint density at radius 1 is 1.47 bits per heavy atom. The van der Waals surface area contributed by atoms with Gasteiger partial charge in [-0.1, -0.05) is 12.1 Å². The van der Waals surface area contributed by atoms with Crippen molar-refractivity contribution in [1.29, 1.82) is 0 Å². The third kappa shape index (κ3) is 3.49. The highest BCUT2D eigenvalue weighted by Gasteiger charge is 2.28. The van der Waals surface area contributed by atoms with Crippen LogP contribution in [0.5, 0.6) is 0 Å². The smallest absolute Gasteiger partial charge is 0.338 e. The van der Waals surface area contributed by atoms with Crippen molar-refractivity contribution in [3.63, 3.8) is 0 Å². The number of aliphatic hydroxyl groups is 2. The maximum atomic E-state index is 11.3. The number of hydrogen-bond donors (Lipinski definition) is 2. The van der Waals surface area contributed by atoms with E-state index in [1.807, 2.05) is 0 Å². The number of ether oxygens (including phenoxy) is 1. The maximum Gasteiger partial charge on any atom is 0.338 e. The number of esters is 1. The van der Waals surface area contributed by atoms with E-state index >= 15 is 0 Å². The molecule has 7 heteroatoms. The molecule has 0 bridgehead atoms. The molecule has 1 aromatic carbocycles. The van der Waals surface area contributed by atoms with Gasteiger partial charge in [-0.15, -0.1) is 0 Å². The van der Waals surface area contributed by atoms with Crippen LogP contribution in [0.4, 0.5) is 5.69 Å².